The van der Waals surface area contributed by atoms with Gasteiger partial charge in [0.15, 0.2) is 0 Å². The van der Waals surface area contributed by atoms with E-state index >= 15 is 0 Å². The van der Waals surface area contributed by atoms with Crippen molar-refractivity contribution >= 4 is 23.8 Å². The van der Waals surface area contributed by atoms with E-state index < -0.39 is 42.1 Å². The fourth-order valence-electron chi connectivity index (χ4n) is 3.02. The fraction of sp³-hybridized carbons (Fsp3) is 0.824. The van der Waals surface area contributed by atoms with E-state index in [0.717, 1.165) is 6.26 Å². The molecular formula is C17H32NO9PS. The SMILES string of the molecule is CCOP(=O)(N[C@H]1[C@H](OC(CC)CC)C=C(C(=O)O)C[C@H]1OS(C)(=O)=O)OCC. The topological polar surface area (TPSA) is 137 Å². The van der Waals surface area contributed by atoms with Gasteiger partial charge in [0.05, 0.1) is 43.8 Å². The first-order chi connectivity index (χ1) is 13.5. The summed E-state index contributed by atoms with van der Waals surface area (Å²) in [7, 11) is -7.75. The van der Waals surface area contributed by atoms with E-state index in [-0.39, 0.29) is 31.3 Å². The van der Waals surface area contributed by atoms with Gasteiger partial charge >= 0.3 is 13.7 Å². The minimum Gasteiger partial charge on any atom is -0.478 e. The third kappa shape index (κ3) is 8.45. The highest BCUT2D eigenvalue weighted by molar-refractivity contribution is 7.86. The van der Waals surface area contributed by atoms with Crippen LogP contribution in [0.25, 0.3) is 0 Å². The summed E-state index contributed by atoms with van der Waals surface area (Å²) in [5.74, 6) is -1.21. The molecule has 12 heteroatoms. The van der Waals surface area contributed by atoms with Crippen LogP contribution in [0, 0.1) is 0 Å². The van der Waals surface area contributed by atoms with Crippen LogP contribution in [-0.2, 0) is 37.4 Å². The van der Waals surface area contributed by atoms with Gasteiger partial charge in [-0.3, -0.25) is 13.2 Å². The molecule has 0 bridgehead atoms. The molecule has 2 N–H and O–H groups in total. The van der Waals surface area contributed by atoms with Gasteiger partial charge < -0.3 is 9.84 Å². The maximum atomic E-state index is 13.0. The zero-order valence-corrected chi connectivity index (χ0v) is 19.2. The lowest BCUT2D eigenvalue weighted by Crippen LogP contribution is -2.53. The second kappa shape index (κ2) is 11.5. The average molecular weight is 457 g/mol. The molecule has 0 aromatic carbocycles. The first-order valence-corrected chi connectivity index (χ1v) is 13.0. The molecule has 0 fully saturated rings. The maximum absolute atomic E-state index is 13.0. The second-order valence-electron chi connectivity index (χ2n) is 6.57. The molecule has 1 rings (SSSR count). The van der Waals surface area contributed by atoms with Crippen LogP contribution >= 0.6 is 7.75 Å². The van der Waals surface area contributed by atoms with E-state index in [9.17, 15) is 22.9 Å². The Balaban J connectivity index is 3.38. The van der Waals surface area contributed by atoms with Crippen LogP contribution in [-0.4, -0.2) is 63.3 Å². The number of rotatable bonds is 13. The lowest BCUT2D eigenvalue weighted by molar-refractivity contribution is -0.133. The minimum atomic E-state index is -3.94. The summed E-state index contributed by atoms with van der Waals surface area (Å²) in [5.41, 5.74) is -0.0460. The normalized spacial score (nSPS) is 23.2. The molecule has 0 saturated carbocycles. The Bertz CT molecular complexity index is 710. The van der Waals surface area contributed by atoms with Gasteiger partial charge in [-0.05, 0) is 32.8 Å². The van der Waals surface area contributed by atoms with Gasteiger partial charge in [-0.15, -0.1) is 0 Å². The van der Waals surface area contributed by atoms with E-state index in [2.05, 4.69) is 5.09 Å². The van der Waals surface area contributed by atoms with Gasteiger partial charge in [0.25, 0.3) is 10.1 Å². The molecule has 0 aromatic heterocycles. The molecule has 0 aromatic rings. The van der Waals surface area contributed by atoms with Crippen molar-refractivity contribution in [3.05, 3.63) is 11.6 Å². The summed E-state index contributed by atoms with van der Waals surface area (Å²) in [4.78, 5) is 11.6. The molecule has 1 aliphatic rings. The third-order valence-electron chi connectivity index (χ3n) is 4.28. The minimum absolute atomic E-state index is 0.0460. The number of nitrogens with one attached hydrogen (secondary N) is 1. The Labute approximate surface area is 172 Å². The molecule has 3 atom stereocenters. The number of hydrogen-bond acceptors (Lipinski definition) is 8. The monoisotopic (exact) mass is 457 g/mol. The third-order valence-corrected chi connectivity index (χ3v) is 6.69. The summed E-state index contributed by atoms with van der Waals surface area (Å²) in [6.45, 7) is 7.28. The van der Waals surface area contributed by atoms with Crippen LogP contribution in [0.1, 0.15) is 47.0 Å². The molecule has 0 heterocycles. The number of carboxylic acids is 1. The number of aliphatic carboxylic acids is 1. The predicted octanol–water partition coefficient (Wildman–Crippen LogP) is 2.46. The molecular weight excluding hydrogens is 425 g/mol. The highest BCUT2D eigenvalue weighted by atomic mass is 32.2. The maximum Gasteiger partial charge on any atom is 0.405 e. The lowest BCUT2D eigenvalue weighted by atomic mass is 9.90. The zero-order chi connectivity index (χ0) is 22.2. The van der Waals surface area contributed by atoms with E-state index in [1.54, 1.807) is 13.8 Å². The smallest absolute Gasteiger partial charge is 0.405 e. The van der Waals surface area contributed by atoms with E-state index in [1.165, 1.54) is 6.08 Å². The van der Waals surface area contributed by atoms with Crippen LogP contribution in [0.2, 0.25) is 0 Å². The van der Waals surface area contributed by atoms with Gasteiger partial charge in [0.2, 0.25) is 0 Å². The highest BCUT2D eigenvalue weighted by Crippen LogP contribution is 2.46. The van der Waals surface area contributed by atoms with Crippen LogP contribution in [0.4, 0.5) is 0 Å². The standard InChI is InChI=1S/C17H32NO9PS/c1-6-13(7-2)26-14-10-12(17(19)20)11-15(27-29(5,22)23)16(14)18-28(21,24-8-3)25-9-4/h10,13-16H,6-9,11H2,1-5H3,(H,18,21)(H,19,20)/t14-,15-,16+/m1/s1. The lowest BCUT2D eigenvalue weighted by Gasteiger charge is -2.38. The van der Waals surface area contributed by atoms with Crippen molar-refractivity contribution in [1.82, 2.24) is 5.09 Å². The molecule has 0 unspecified atom stereocenters. The summed E-state index contributed by atoms with van der Waals surface area (Å²) in [5, 5.41) is 12.2. The van der Waals surface area contributed by atoms with Gasteiger partial charge in [0, 0.05) is 12.0 Å². The van der Waals surface area contributed by atoms with Crippen molar-refractivity contribution in [2.24, 2.45) is 0 Å². The predicted molar refractivity (Wildman–Crippen MR) is 107 cm³/mol. The van der Waals surface area contributed by atoms with Crippen LogP contribution < -0.4 is 5.09 Å². The number of ether oxygens (including phenoxy) is 1. The summed E-state index contributed by atoms with van der Waals surface area (Å²) in [6, 6.07) is -0.975. The van der Waals surface area contributed by atoms with Crippen molar-refractivity contribution in [2.75, 3.05) is 19.5 Å². The summed E-state index contributed by atoms with van der Waals surface area (Å²) in [6.07, 6.45) is 1.04. The van der Waals surface area contributed by atoms with Crippen LogP contribution in [0.15, 0.2) is 11.6 Å². The van der Waals surface area contributed by atoms with Crippen molar-refractivity contribution in [1.29, 1.82) is 0 Å². The molecule has 0 saturated heterocycles. The van der Waals surface area contributed by atoms with Gasteiger partial charge in [0.1, 0.15) is 0 Å². The molecule has 0 spiro atoms. The zero-order valence-electron chi connectivity index (χ0n) is 17.5. The second-order valence-corrected chi connectivity index (χ2v) is 9.94. The average Bonchev–Trinajstić information content (AvgIpc) is 2.60. The molecule has 10 nitrogen and oxygen atoms in total. The Morgan fingerprint density at radius 3 is 2.21 bits per heavy atom. The van der Waals surface area contributed by atoms with E-state index in [4.69, 9.17) is 18.0 Å². The van der Waals surface area contributed by atoms with E-state index in [1.807, 2.05) is 13.8 Å². The molecule has 0 radical (unpaired) electrons. The Kier molecular flexibility index (Phi) is 10.4. The van der Waals surface area contributed by atoms with Crippen molar-refractivity contribution < 1.29 is 40.9 Å². The fourth-order valence-corrected chi connectivity index (χ4v) is 5.24. The molecule has 29 heavy (non-hydrogen) atoms. The highest BCUT2D eigenvalue weighted by Gasteiger charge is 2.43. The largest absolute Gasteiger partial charge is 0.478 e. The number of hydrogen-bond donors (Lipinski definition) is 2. The Hall–Kier alpha value is -0.810. The molecule has 170 valence electrons. The first kappa shape index (κ1) is 26.2. The first-order valence-electron chi connectivity index (χ1n) is 9.63. The molecule has 0 aliphatic heterocycles. The van der Waals surface area contributed by atoms with Gasteiger partial charge in [-0.2, -0.15) is 8.42 Å². The number of carboxylic acid groups (broad SMARTS) is 1. The number of carbonyl (C=O) groups is 1. The van der Waals surface area contributed by atoms with E-state index in [0.29, 0.717) is 12.8 Å². The summed E-state index contributed by atoms with van der Waals surface area (Å²) < 4.78 is 58.3. The molecule has 1 aliphatic carbocycles. The van der Waals surface area contributed by atoms with Crippen LogP contribution in [0.5, 0.6) is 0 Å². The Morgan fingerprint density at radius 1 is 1.24 bits per heavy atom. The van der Waals surface area contributed by atoms with Crippen molar-refractivity contribution in [3.63, 3.8) is 0 Å². The van der Waals surface area contributed by atoms with Crippen LogP contribution in [0.3, 0.4) is 0 Å². The van der Waals surface area contributed by atoms with Crippen molar-refractivity contribution in [2.45, 2.75) is 71.3 Å². The Morgan fingerprint density at radius 2 is 1.79 bits per heavy atom. The quantitative estimate of drug-likeness (QED) is 0.313. The molecule has 0 amide bonds. The summed E-state index contributed by atoms with van der Waals surface area (Å²) >= 11 is 0. The van der Waals surface area contributed by atoms with Crippen molar-refractivity contribution in [3.8, 4) is 0 Å². The van der Waals surface area contributed by atoms with Gasteiger partial charge in [-0.1, -0.05) is 13.8 Å². The van der Waals surface area contributed by atoms with Gasteiger partial charge in [-0.25, -0.2) is 14.4 Å².